The summed E-state index contributed by atoms with van der Waals surface area (Å²) in [4.78, 5) is 0. The molecule has 0 atom stereocenters. The first-order valence-corrected chi connectivity index (χ1v) is 6.92. The van der Waals surface area contributed by atoms with Gasteiger partial charge in [0.25, 0.3) is 0 Å². The van der Waals surface area contributed by atoms with Crippen LogP contribution in [0.5, 0.6) is 5.75 Å². The van der Waals surface area contributed by atoms with Gasteiger partial charge in [0, 0.05) is 8.95 Å². The fourth-order valence-electron chi connectivity index (χ4n) is 0.900. The molecule has 1 nitrogen and oxygen atoms in total. The Hall–Kier alpha value is 1.00. The van der Waals surface area contributed by atoms with E-state index in [2.05, 4.69) is 63.7 Å². The van der Waals surface area contributed by atoms with Crippen LogP contribution in [0.3, 0.4) is 0 Å². The Morgan fingerprint density at radius 2 is 1.43 bits per heavy atom. The lowest BCUT2D eigenvalue weighted by Crippen LogP contribution is -2.10. The lowest BCUT2D eigenvalue weighted by Gasteiger charge is -2.14. The second-order valence-corrected chi connectivity index (χ2v) is 5.60. The summed E-state index contributed by atoms with van der Waals surface area (Å²) in [6.45, 7) is 2.52. The molecule has 0 aliphatic heterocycles. The average molecular weight is 448 g/mol. The van der Waals surface area contributed by atoms with Gasteiger partial charge in [-0.25, -0.2) is 0 Å². The molecule has 0 N–H and O–H groups in total. The summed E-state index contributed by atoms with van der Waals surface area (Å²) >= 11 is 13.6. The standard InChI is InChI=1S/C8H5BBr4O/c1-2-14-8-6(12)4(10)3(9)5(11)7(8)13/h2H2,1H3. The molecule has 0 heterocycles. The van der Waals surface area contributed by atoms with Gasteiger partial charge in [0.15, 0.2) is 0 Å². The largest absolute Gasteiger partial charge is 0.491 e. The van der Waals surface area contributed by atoms with Gasteiger partial charge in [-0.1, -0.05) is 37.3 Å². The smallest absolute Gasteiger partial charge is 0.149 e. The molecule has 2 radical (unpaired) electrons. The maximum Gasteiger partial charge on any atom is 0.149 e. The van der Waals surface area contributed by atoms with Crippen molar-refractivity contribution in [2.75, 3.05) is 6.61 Å². The third-order valence-electron chi connectivity index (χ3n) is 1.55. The summed E-state index contributed by atoms with van der Waals surface area (Å²) < 4.78 is 8.67. The molecule has 0 spiro atoms. The highest BCUT2D eigenvalue weighted by Gasteiger charge is 2.16. The molecule has 1 aromatic carbocycles. The van der Waals surface area contributed by atoms with Crippen LogP contribution in [0.4, 0.5) is 0 Å². The molecule has 0 aliphatic rings. The van der Waals surface area contributed by atoms with E-state index in [0.717, 1.165) is 23.6 Å². The number of ether oxygens (including phenoxy) is 1. The summed E-state index contributed by atoms with van der Waals surface area (Å²) in [6, 6.07) is 0. The minimum absolute atomic E-state index is 0.597. The summed E-state index contributed by atoms with van der Waals surface area (Å²) in [6.07, 6.45) is 0. The lowest BCUT2D eigenvalue weighted by atomic mass is 9.96. The maximum absolute atomic E-state index is 5.84. The first-order chi connectivity index (χ1) is 6.50. The van der Waals surface area contributed by atoms with Crippen molar-refractivity contribution in [3.05, 3.63) is 17.9 Å². The lowest BCUT2D eigenvalue weighted by molar-refractivity contribution is 0.335. The molecule has 0 saturated carbocycles. The minimum Gasteiger partial charge on any atom is -0.491 e. The quantitative estimate of drug-likeness (QED) is 0.493. The van der Waals surface area contributed by atoms with Crippen molar-refractivity contribution in [3.63, 3.8) is 0 Å². The van der Waals surface area contributed by atoms with Gasteiger partial charge in [-0.2, -0.15) is 0 Å². The molecule has 0 bridgehead atoms. The van der Waals surface area contributed by atoms with Crippen LogP contribution in [0.2, 0.25) is 0 Å². The summed E-state index contributed by atoms with van der Waals surface area (Å²) in [5, 5.41) is 0. The first-order valence-electron chi connectivity index (χ1n) is 3.74. The van der Waals surface area contributed by atoms with Gasteiger partial charge in [0.2, 0.25) is 0 Å². The van der Waals surface area contributed by atoms with Crippen molar-refractivity contribution in [3.8, 4) is 5.75 Å². The van der Waals surface area contributed by atoms with E-state index < -0.39 is 0 Å². The molecule has 14 heavy (non-hydrogen) atoms. The van der Waals surface area contributed by atoms with Crippen LogP contribution in [-0.4, -0.2) is 14.5 Å². The third kappa shape index (κ3) is 2.39. The van der Waals surface area contributed by atoms with Crippen LogP contribution in [0, 0.1) is 0 Å². The number of halogens is 4. The van der Waals surface area contributed by atoms with E-state index in [1.54, 1.807) is 0 Å². The Morgan fingerprint density at radius 3 is 1.79 bits per heavy atom. The molecule has 0 saturated heterocycles. The van der Waals surface area contributed by atoms with E-state index in [4.69, 9.17) is 12.6 Å². The molecule has 6 heteroatoms. The molecule has 0 unspecified atom stereocenters. The van der Waals surface area contributed by atoms with Gasteiger partial charge in [0.05, 0.1) is 15.6 Å². The topological polar surface area (TPSA) is 9.23 Å². The van der Waals surface area contributed by atoms with Crippen LogP contribution in [-0.2, 0) is 0 Å². The number of hydrogen-bond donors (Lipinski definition) is 0. The highest BCUT2D eigenvalue weighted by Crippen LogP contribution is 2.41. The van der Waals surface area contributed by atoms with Crippen molar-refractivity contribution in [1.29, 1.82) is 0 Å². The maximum atomic E-state index is 5.84. The van der Waals surface area contributed by atoms with E-state index in [-0.39, 0.29) is 0 Å². The predicted octanol–water partition coefficient (Wildman–Crippen LogP) is 3.93. The summed E-state index contributed by atoms with van der Waals surface area (Å²) in [5.41, 5.74) is 0.632. The molecule has 0 aliphatic carbocycles. The molecule has 74 valence electrons. The van der Waals surface area contributed by atoms with Crippen molar-refractivity contribution < 1.29 is 4.74 Å². The zero-order valence-electron chi connectivity index (χ0n) is 7.20. The normalized spacial score (nSPS) is 10.4. The van der Waals surface area contributed by atoms with Crippen molar-refractivity contribution in [2.24, 2.45) is 0 Å². The molecular formula is C8H5BBr4O. The van der Waals surface area contributed by atoms with Crippen molar-refractivity contribution >= 4 is 77.0 Å². The fourth-order valence-corrected chi connectivity index (χ4v) is 3.24. The zero-order valence-corrected chi connectivity index (χ0v) is 13.5. The summed E-state index contributed by atoms with van der Waals surface area (Å²) in [7, 11) is 5.84. The highest BCUT2D eigenvalue weighted by molar-refractivity contribution is 9.14. The van der Waals surface area contributed by atoms with Gasteiger partial charge < -0.3 is 4.74 Å². The number of hydrogen-bond acceptors (Lipinski definition) is 1. The SMILES string of the molecule is [B]c1c(Br)c(Br)c(OCC)c(Br)c1Br. The van der Waals surface area contributed by atoms with Crippen LogP contribution in [0.25, 0.3) is 0 Å². The van der Waals surface area contributed by atoms with Crippen molar-refractivity contribution in [2.45, 2.75) is 6.92 Å². The van der Waals surface area contributed by atoms with E-state index in [1.165, 1.54) is 0 Å². The third-order valence-corrected chi connectivity index (χ3v) is 5.77. The van der Waals surface area contributed by atoms with Gasteiger partial charge >= 0.3 is 0 Å². The van der Waals surface area contributed by atoms with Gasteiger partial charge in [0.1, 0.15) is 13.6 Å². The minimum atomic E-state index is 0.597. The molecule has 0 aromatic heterocycles. The van der Waals surface area contributed by atoms with Crippen LogP contribution in [0.1, 0.15) is 6.92 Å². The van der Waals surface area contributed by atoms with Crippen molar-refractivity contribution in [1.82, 2.24) is 0 Å². The Morgan fingerprint density at radius 1 is 1.00 bits per heavy atom. The second kappa shape index (κ2) is 5.37. The first kappa shape index (κ1) is 13.1. The Bertz CT molecular complexity index is 338. The number of benzene rings is 1. The van der Waals surface area contributed by atoms with Crippen LogP contribution < -0.4 is 10.2 Å². The van der Waals surface area contributed by atoms with Gasteiger partial charge in [-0.05, 0) is 38.8 Å². The summed E-state index contributed by atoms with van der Waals surface area (Å²) in [5.74, 6) is 0.737. The highest BCUT2D eigenvalue weighted by atomic mass is 79.9. The van der Waals surface area contributed by atoms with Gasteiger partial charge in [-0.3, -0.25) is 0 Å². The van der Waals surface area contributed by atoms with Gasteiger partial charge in [-0.15, -0.1) is 0 Å². The second-order valence-electron chi connectivity index (χ2n) is 2.43. The molecule has 0 amide bonds. The molecule has 1 rings (SSSR count). The Kier molecular flexibility index (Phi) is 5.01. The van der Waals surface area contributed by atoms with Crippen LogP contribution >= 0.6 is 63.7 Å². The monoisotopic (exact) mass is 444 g/mol. The average Bonchev–Trinajstić information content (AvgIpc) is 2.19. The van der Waals surface area contributed by atoms with E-state index >= 15 is 0 Å². The zero-order chi connectivity index (χ0) is 10.9. The Balaban J connectivity index is 3.43. The molecule has 0 fully saturated rings. The Labute approximate surface area is 118 Å². The predicted molar refractivity (Wildman–Crippen MR) is 73.8 cm³/mol. The molecular weight excluding hydrogens is 443 g/mol. The van der Waals surface area contributed by atoms with E-state index in [9.17, 15) is 0 Å². The van der Waals surface area contributed by atoms with Crippen LogP contribution in [0.15, 0.2) is 17.9 Å². The van der Waals surface area contributed by atoms with E-state index in [0.29, 0.717) is 12.1 Å². The fraction of sp³-hybridized carbons (Fsp3) is 0.250. The molecule has 1 aromatic rings. The number of rotatable bonds is 2. The van der Waals surface area contributed by atoms with E-state index in [1.807, 2.05) is 6.92 Å².